The Kier molecular flexibility index (Phi) is 5.51. The minimum absolute atomic E-state index is 0.0252. The van der Waals surface area contributed by atoms with E-state index in [9.17, 15) is 31.1 Å². The Labute approximate surface area is 177 Å². The summed E-state index contributed by atoms with van der Waals surface area (Å²) in [6.45, 7) is 1.19. The first-order chi connectivity index (χ1) is 15.1. The minimum Gasteiger partial charge on any atom is -0.338 e. The predicted octanol–water partition coefficient (Wildman–Crippen LogP) is 3.94. The summed E-state index contributed by atoms with van der Waals surface area (Å²) in [4.78, 5) is 24.9. The number of aryl methyl sites for hydroxylation is 1. The average molecular weight is 458 g/mol. The van der Waals surface area contributed by atoms with Crippen LogP contribution in [0.4, 0.5) is 26.3 Å². The third kappa shape index (κ3) is 3.98. The van der Waals surface area contributed by atoms with E-state index >= 15 is 0 Å². The number of carbonyl (C=O) groups excluding carboxylic acids is 1. The fraction of sp³-hybridized carbons (Fsp3) is 0.421. The molecule has 1 aliphatic heterocycles. The van der Waals surface area contributed by atoms with Gasteiger partial charge in [-0.15, -0.1) is 0 Å². The van der Waals surface area contributed by atoms with Crippen LogP contribution in [-0.2, 0) is 6.18 Å². The van der Waals surface area contributed by atoms with Gasteiger partial charge in [0.25, 0.3) is 18.1 Å². The Morgan fingerprint density at radius 2 is 1.97 bits per heavy atom. The van der Waals surface area contributed by atoms with Crippen LogP contribution in [0, 0.1) is 12.7 Å². The highest BCUT2D eigenvalue weighted by atomic mass is 19.4. The molecule has 3 aromatic rings. The largest absolute Gasteiger partial charge is 0.433 e. The number of nitrogens with zero attached hydrogens (tertiary/aromatic N) is 6. The quantitative estimate of drug-likeness (QED) is 0.556. The summed E-state index contributed by atoms with van der Waals surface area (Å²) in [7, 11) is 0. The summed E-state index contributed by atoms with van der Waals surface area (Å²) >= 11 is 0. The molecule has 1 unspecified atom stereocenters. The number of amides is 1. The molecule has 0 bridgehead atoms. The Balaban J connectivity index is 1.68. The monoisotopic (exact) mass is 458 g/mol. The van der Waals surface area contributed by atoms with Crippen LogP contribution in [0.5, 0.6) is 0 Å². The number of pyridine rings is 1. The average Bonchev–Trinajstić information content (AvgIpc) is 3.22. The maximum absolute atomic E-state index is 14.5. The molecule has 1 aliphatic rings. The Morgan fingerprint density at radius 1 is 1.22 bits per heavy atom. The van der Waals surface area contributed by atoms with Gasteiger partial charge in [-0.05, 0) is 31.9 Å². The zero-order valence-corrected chi connectivity index (χ0v) is 16.6. The summed E-state index contributed by atoms with van der Waals surface area (Å²) in [6, 6.07) is 1.56. The van der Waals surface area contributed by atoms with E-state index in [4.69, 9.17) is 0 Å². The number of aromatic nitrogens is 5. The van der Waals surface area contributed by atoms with Crippen LogP contribution in [0.25, 0.3) is 5.78 Å². The standard InChI is InChI=1S/C19H16F6N6O/c1-9-15(20)11(5-14(28-9)19(23,24)25)17(32)30-4-2-3-10(7-30)13-6-12(16(21)22)29-18-26-8-27-31(13)18/h5-6,8,10,16H,2-4,7H2,1H3. The first-order valence-corrected chi connectivity index (χ1v) is 9.58. The predicted molar refractivity (Wildman–Crippen MR) is 97.6 cm³/mol. The number of piperidine rings is 1. The van der Waals surface area contributed by atoms with Gasteiger partial charge in [-0.3, -0.25) is 4.79 Å². The van der Waals surface area contributed by atoms with Gasteiger partial charge in [-0.25, -0.2) is 27.7 Å². The Hall–Kier alpha value is -3.25. The number of hydrogen-bond acceptors (Lipinski definition) is 5. The van der Waals surface area contributed by atoms with Crippen LogP contribution in [0.3, 0.4) is 0 Å². The molecule has 32 heavy (non-hydrogen) atoms. The van der Waals surface area contributed by atoms with E-state index in [1.165, 1.54) is 15.5 Å². The molecule has 1 saturated heterocycles. The summed E-state index contributed by atoms with van der Waals surface area (Å²) in [6.07, 6.45) is -5.63. The number of rotatable bonds is 3. The van der Waals surface area contributed by atoms with Gasteiger partial charge in [0.2, 0.25) is 0 Å². The van der Waals surface area contributed by atoms with E-state index in [1.807, 2.05) is 0 Å². The molecule has 0 saturated carbocycles. The maximum Gasteiger partial charge on any atom is 0.433 e. The van der Waals surface area contributed by atoms with Crippen LogP contribution in [0.2, 0.25) is 0 Å². The highest BCUT2D eigenvalue weighted by molar-refractivity contribution is 5.95. The van der Waals surface area contributed by atoms with Gasteiger partial charge in [0.1, 0.15) is 17.7 Å². The number of likely N-dealkylation sites (tertiary alicyclic amines) is 1. The van der Waals surface area contributed by atoms with Crippen molar-refractivity contribution in [1.29, 1.82) is 0 Å². The lowest BCUT2D eigenvalue weighted by atomic mass is 9.93. The molecule has 0 N–H and O–H groups in total. The summed E-state index contributed by atoms with van der Waals surface area (Å²) < 4.78 is 81.6. The molecule has 3 aromatic heterocycles. The van der Waals surface area contributed by atoms with Crippen LogP contribution in [0.15, 0.2) is 18.5 Å². The lowest BCUT2D eigenvalue weighted by Gasteiger charge is -2.33. The molecular weight excluding hydrogens is 442 g/mol. The second-order valence-corrected chi connectivity index (χ2v) is 7.42. The van der Waals surface area contributed by atoms with Crippen molar-refractivity contribution < 1.29 is 31.1 Å². The van der Waals surface area contributed by atoms with Crippen molar-refractivity contribution in [2.75, 3.05) is 13.1 Å². The van der Waals surface area contributed by atoms with E-state index in [0.717, 1.165) is 13.3 Å². The zero-order valence-electron chi connectivity index (χ0n) is 16.6. The summed E-state index contributed by atoms with van der Waals surface area (Å²) in [5.74, 6) is -2.58. The first-order valence-electron chi connectivity index (χ1n) is 9.58. The third-order valence-corrected chi connectivity index (χ3v) is 5.29. The van der Waals surface area contributed by atoms with Crippen LogP contribution < -0.4 is 0 Å². The van der Waals surface area contributed by atoms with E-state index in [-0.39, 0.29) is 18.9 Å². The lowest BCUT2D eigenvalue weighted by Crippen LogP contribution is -2.40. The van der Waals surface area contributed by atoms with E-state index in [2.05, 4.69) is 20.1 Å². The topological polar surface area (TPSA) is 76.3 Å². The SMILES string of the molecule is Cc1nc(C(F)(F)F)cc(C(=O)N2CCCC(c3cc(C(F)F)nc4ncnn34)C2)c1F. The highest BCUT2D eigenvalue weighted by Crippen LogP contribution is 2.32. The molecule has 4 heterocycles. The molecule has 4 rings (SSSR count). The van der Waals surface area contributed by atoms with Crippen molar-refractivity contribution in [1.82, 2.24) is 29.5 Å². The molecular formula is C19H16F6N6O. The van der Waals surface area contributed by atoms with Crippen molar-refractivity contribution in [3.8, 4) is 0 Å². The zero-order chi connectivity index (χ0) is 23.2. The van der Waals surface area contributed by atoms with Crippen molar-refractivity contribution in [2.24, 2.45) is 0 Å². The smallest absolute Gasteiger partial charge is 0.338 e. The van der Waals surface area contributed by atoms with Gasteiger partial charge in [-0.1, -0.05) is 0 Å². The van der Waals surface area contributed by atoms with Crippen molar-refractivity contribution in [2.45, 2.75) is 38.3 Å². The molecule has 0 spiro atoms. The minimum atomic E-state index is -4.85. The molecule has 170 valence electrons. The van der Waals surface area contributed by atoms with Gasteiger partial charge in [0.05, 0.1) is 17.0 Å². The lowest BCUT2D eigenvalue weighted by molar-refractivity contribution is -0.141. The van der Waals surface area contributed by atoms with Crippen LogP contribution in [0.1, 0.15) is 58.3 Å². The van der Waals surface area contributed by atoms with E-state index in [0.29, 0.717) is 24.6 Å². The molecule has 1 fully saturated rings. The Bertz CT molecular complexity index is 1180. The van der Waals surface area contributed by atoms with E-state index in [1.54, 1.807) is 0 Å². The molecule has 1 atom stereocenters. The number of fused-ring (bicyclic) bond motifs is 1. The van der Waals surface area contributed by atoms with Crippen molar-refractivity contribution in [3.05, 3.63) is 52.6 Å². The molecule has 1 amide bonds. The van der Waals surface area contributed by atoms with Gasteiger partial charge in [0.15, 0.2) is 5.82 Å². The van der Waals surface area contributed by atoms with Crippen molar-refractivity contribution in [3.63, 3.8) is 0 Å². The molecule has 7 nitrogen and oxygen atoms in total. The second kappa shape index (κ2) is 8.02. The van der Waals surface area contributed by atoms with E-state index < -0.39 is 52.9 Å². The van der Waals surface area contributed by atoms with Gasteiger partial charge in [0, 0.05) is 19.0 Å². The number of alkyl halides is 5. The Morgan fingerprint density at radius 3 is 2.66 bits per heavy atom. The van der Waals surface area contributed by atoms with Crippen LogP contribution >= 0.6 is 0 Å². The molecule has 0 aliphatic carbocycles. The summed E-state index contributed by atoms with van der Waals surface area (Å²) in [5.41, 5.74) is -2.82. The second-order valence-electron chi connectivity index (χ2n) is 7.42. The normalized spacial score (nSPS) is 17.4. The van der Waals surface area contributed by atoms with Crippen LogP contribution in [-0.4, -0.2) is 48.5 Å². The van der Waals surface area contributed by atoms with Crippen molar-refractivity contribution >= 4 is 11.7 Å². The first kappa shape index (κ1) is 22.0. The fourth-order valence-corrected chi connectivity index (χ4v) is 3.79. The van der Waals surface area contributed by atoms with Gasteiger partial charge in [-0.2, -0.15) is 23.3 Å². The molecule has 0 aromatic carbocycles. The van der Waals surface area contributed by atoms with Gasteiger partial charge >= 0.3 is 6.18 Å². The molecule has 0 radical (unpaired) electrons. The number of carbonyl (C=O) groups is 1. The maximum atomic E-state index is 14.5. The number of hydrogen-bond donors (Lipinski definition) is 0. The highest BCUT2D eigenvalue weighted by Gasteiger charge is 2.36. The molecule has 13 heteroatoms. The van der Waals surface area contributed by atoms with Gasteiger partial charge < -0.3 is 4.90 Å². The fourth-order valence-electron chi connectivity index (χ4n) is 3.79. The third-order valence-electron chi connectivity index (χ3n) is 5.29. The summed E-state index contributed by atoms with van der Waals surface area (Å²) in [5, 5.41) is 3.99. The number of halogens is 6.